The van der Waals surface area contributed by atoms with Gasteiger partial charge in [0, 0.05) is 17.3 Å². The SMILES string of the molecule is O=C(N[C@H]1CCSc2ccc(F)cc21)[C@@H]1CCCO1. The Labute approximate surface area is 115 Å². The summed E-state index contributed by atoms with van der Waals surface area (Å²) in [5.41, 5.74) is 0.891. The zero-order valence-corrected chi connectivity index (χ0v) is 11.3. The highest BCUT2D eigenvalue weighted by atomic mass is 32.2. The van der Waals surface area contributed by atoms with Crippen LogP contribution in [0.2, 0.25) is 0 Å². The summed E-state index contributed by atoms with van der Waals surface area (Å²) in [6.07, 6.45) is 2.22. The zero-order chi connectivity index (χ0) is 13.2. The number of amides is 1. The van der Waals surface area contributed by atoms with Gasteiger partial charge in [-0.05, 0) is 43.0 Å². The van der Waals surface area contributed by atoms with E-state index in [2.05, 4.69) is 5.32 Å². The van der Waals surface area contributed by atoms with Crippen molar-refractivity contribution in [2.75, 3.05) is 12.4 Å². The number of halogens is 1. The third kappa shape index (κ3) is 2.77. The molecule has 0 bridgehead atoms. The molecule has 1 aromatic rings. The van der Waals surface area contributed by atoms with E-state index in [0.29, 0.717) is 6.61 Å². The van der Waals surface area contributed by atoms with E-state index in [9.17, 15) is 9.18 Å². The van der Waals surface area contributed by atoms with Gasteiger partial charge in [-0.3, -0.25) is 4.79 Å². The van der Waals surface area contributed by atoms with Crippen molar-refractivity contribution in [3.05, 3.63) is 29.6 Å². The van der Waals surface area contributed by atoms with Gasteiger partial charge in [0.05, 0.1) is 6.04 Å². The number of fused-ring (bicyclic) bond motifs is 1. The van der Waals surface area contributed by atoms with E-state index in [4.69, 9.17) is 4.74 Å². The molecule has 1 saturated heterocycles. The molecule has 1 fully saturated rings. The molecule has 102 valence electrons. The fourth-order valence-corrected chi connectivity index (χ4v) is 3.67. The van der Waals surface area contributed by atoms with Gasteiger partial charge in [-0.2, -0.15) is 0 Å². The van der Waals surface area contributed by atoms with Gasteiger partial charge in [0.15, 0.2) is 0 Å². The topological polar surface area (TPSA) is 38.3 Å². The van der Waals surface area contributed by atoms with Crippen LogP contribution < -0.4 is 5.32 Å². The van der Waals surface area contributed by atoms with Crippen molar-refractivity contribution in [2.24, 2.45) is 0 Å². The van der Waals surface area contributed by atoms with Crippen molar-refractivity contribution in [1.29, 1.82) is 0 Å². The summed E-state index contributed by atoms with van der Waals surface area (Å²) in [6.45, 7) is 0.657. The maximum atomic E-state index is 13.4. The third-order valence-corrected chi connectivity index (χ3v) is 4.67. The minimum absolute atomic E-state index is 0.0652. The van der Waals surface area contributed by atoms with Crippen LogP contribution in [0.3, 0.4) is 0 Å². The minimum Gasteiger partial charge on any atom is -0.368 e. The standard InChI is InChI=1S/C14H16FNO2S/c15-9-3-4-13-10(8-9)11(5-7-19-13)16-14(17)12-2-1-6-18-12/h3-4,8,11-12H,1-2,5-7H2,(H,16,17)/t11-,12-/m0/s1. The first-order chi connectivity index (χ1) is 9.24. The number of nitrogens with one attached hydrogen (secondary N) is 1. The fraction of sp³-hybridized carbons (Fsp3) is 0.500. The number of carbonyl (C=O) groups excluding carboxylic acids is 1. The Hall–Kier alpha value is -1.07. The van der Waals surface area contributed by atoms with E-state index in [1.807, 2.05) is 0 Å². The van der Waals surface area contributed by atoms with Crippen LogP contribution in [0.1, 0.15) is 30.9 Å². The molecule has 2 heterocycles. The fourth-order valence-electron chi connectivity index (χ4n) is 2.56. The summed E-state index contributed by atoms with van der Waals surface area (Å²) in [6, 6.07) is 4.70. The average Bonchev–Trinajstić information content (AvgIpc) is 2.93. The second-order valence-electron chi connectivity index (χ2n) is 4.88. The van der Waals surface area contributed by atoms with Crippen molar-refractivity contribution in [1.82, 2.24) is 5.32 Å². The number of ether oxygens (including phenoxy) is 1. The molecule has 3 nitrogen and oxygen atoms in total. The molecule has 5 heteroatoms. The Bertz CT molecular complexity index is 488. The molecule has 2 aliphatic heterocycles. The van der Waals surface area contributed by atoms with Crippen molar-refractivity contribution < 1.29 is 13.9 Å². The lowest BCUT2D eigenvalue weighted by Gasteiger charge is -2.27. The number of thioether (sulfide) groups is 1. The van der Waals surface area contributed by atoms with Crippen LogP contribution >= 0.6 is 11.8 Å². The highest BCUT2D eigenvalue weighted by Crippen LogP contribution is 2.36. The molecular weight excluding hydrogens is 265 g/mol. The molecule has 0 saturated carbocycles. The van der Waals surface area contributed by atoms with Gasteiger partial charge < -0.3 is 10.1 Å². The van der Waals surface area contributed by atoms with Crippen LogP contribution in [0, 0.1) is 5.82 Å². The molecule has 2 aliphatic rings. The lowest BCUT2D eigenvalue weighted by atomic mass is 10.0. The third-order valence-electron chi connectivity index (χ3n) is 3.55. The largest absolute Gasteiger partial charge is 0.368 e. The number of hydrogen-bond acceptors (Lipinski definition) is 3. The Balaban J connectivity index is 1.75. The number of benzene rings is 1. The van der Waals surface area contributed by atoms with Crippen molar-refractivity contribution in [3.8, 4) is 0 Å². The van der Waals surface area contributed by atoms with E-state index in [1.165, 1.54) is 12.1 Å². The molecule has 3 rings (SSSR count). The van der Waals surface area contributed by atoms with Gasteiger partial charge in [-0.1, -0.05) is 0 Å². The van der Waals surface area contributed by atoms with E-state index in [1.54, 1.807) is 17.8 Å². The monoisotopic (exact) mass is 281 g/mol. The minimum atomic E-state index is -0.327. The predicted octanol–water partition coefficient (Wildman–Crippen LogP) is 2.66. The quantitative estimate of drug-likeness (QED) is 0.905. The van der Waals surface area contributed by atoms with Gasteiger partial charge >= 0.3 is 0 Å². The Kier molecular flexibility index (Phi) is 3.75. The Morgan fingerprint density at radius 1 is 1.42 bits per heavy atom. The number of rotatable bonds is 2. The molecule has 0 aliphatic carbocycles. The summed E-state index contributed by atoms with van der Waals surface area (Å²) in [5.74, 6) is 0.622. The van der Waals surface area contributed by atoms with Crippen molar-refractivity contribution in [2.45, 2.75) is 36.3 Å². The molecule has 19 heavy (non-hydrogen) atoms. The molecule has 0 spiro atoms. The predicted molar refractivity (Wildman–Crippen MR) is 71.6 cm³/mol. The van der Waals surface area contributed by atoms with Gasteiger partial charge in [-0.25, -0.2) is 4.39 Å². The normalized spacial score (nSPS) is 25.9. The Morgan fingerprint density at radius 2 is 2.32 bits per heavy atom. The maximum absolute atomic E-state index is 13.4. The Morgan fingerprint density at radius 3 is 3.11 bits per heavy atom. The molecule has 1 N–H and O–H groups in total. The van der Waals surface area contributed by atoms with Crippen LogP contribution in [-0.2, 0) is 9.53 Å². The molecule has 0 unspecified atom stereocenters. The van der Waals surface area contributed by atoms with Crippen LogP contribution in [-0.4, -0.2) is 24.4 Å². The van der Waals surface area contributed by atoms with Crippen LogP contribution in [0.4, 0.5) is 4.39 Å². The van der Waals surface area contributed by atoms with Gasteiger partial charge in [0.1, 0.15) is 11.9 Å². The zero-order valence-electron chi connectivity index (χ0n) is 10.5. The lowest BCUT2D eigenvalue weighted by Crippen LogP contribution is -2.38. The second kappa shape index (κ2) is 5.51. The maximum Gasteiger partial charge on any atom is 0.249 e. The lowest BCUT2D eigenvalue weighted by molar-refractivity contribution is -0.130. The van der Waals surface area contributed by atoms with E-state index in [-0.39, 0.29) is 23.9 Å². The van der Waals surface area contributed by atoms with Crippen molar-refractivity contribution in [3.63, 3.8) is 0 Å². The van der Waals surface area contributed by atoms with Gasteiger partial charge in [0.25, 0.3) is 0 Å². The molecule has 0 aromatic heterocycles. The highest BCUT2D eigenvalue weighted by Gasteiger charge is 2.28. The van der Waals surface area contributed by atoms with E-state index >= 15 is 0 Å². The summed E-state index contributed by atoms with van der Waals surface area (Å²) in [4.78, 5) is 13.1. The first-order valence-corrected chi connectivity index (χ1v) is 7.57. The molecule has 1 aromatic carbocycles. The summed E-state index contributed by atoms with van der Waals surface area (Å²) in [7, 11) is 0. The first kappa shape index (κ1) is 12.9. The van der Waals surface area contributed by atoms with Crippen LogP contribution in [0.5, 0.6) is 0 Å². The van der Waals surface area contributed by atoms with Crippen LogP contribution in [0.15, 0.2) is 23.1 Å². The number of hydrogen-bond donors (Lipinski definition) is 1. The molecule has 0 radical (unpaired) electrons. The molecule has 2 atom stereocenters. The van der Waals surface area contributed by atoms with Crippen LogP contribution in [0.25, 0.3) is 0 Å². The molecular formula is C14H16FNO2S. The first-order valence-electron chi connectivity index (χ1n) is 6.58. The van der Waals surface area contributed by atoms with Gasteiger partial charge in [-0.15, -0.1) is 11.8 Å². The van der Waals surface area contributed by atoms with E-state index < -0.39 is 0 Å². The summed E-state index contributed by atoms with van der Waals surface area (Å²) < 4.78 is 18.7. The average molecular weight is 281 g/mol. The number of carbonyl (C=O) groups is 1. The second-order valence-corrected chi connectivity index (χ2v) is 6.02. The summed E-state index contributed by atoms with van der Waals surface area (Å²) in [5, 5.41) is 3.00. The van der Waals surface area contributed by atoms with Crippen molar-refractivity contribution >= 4 is 17.7 Å². The molecule has 1 amide bonds. The summed E-state index contributed by atoms with van der Waals surface area (Å²) >= 11 is 1.71. The van der Waals surface area contributed by atoms with E-state index in [0.717, 1.165) is 35.5 Å². The smallest absolute Gasteiger partial charge is 0.249 e. The highest BCUT2D eigenvalue weighted by molar-refractivity contribution is 7.99. The van der Waals surface area contributed by atoms with Gasteiger partial charge in [0.2, 0.25) is 5.91 Å².